The smallest absolute Gasteiger partial charge is 0.329 e. The van der Waals surface area contributed by atoms with Crippen LogP contribution < -0.4 is 16.6 Å². The number of nitrogens with two attached hydrogens (primary N) is 1. The van der Waals surface area contributed by atoms with Gasteiger partial charge in [0.1, 0.15) is 6.20 Å². The van der Waals surface area contributed by atoms with E-state index in [0.29, 0.717) is 5.92 Å². The number of nitro groups is 1. The lowest BCUT2D eigenvalue weighted by atomic mass is 9.80. The second-order valence-corrected chi connectivity index (χ2v) is 4.45. The molecule has 2 rings (SSSR count). The van der Waals surface area contributed by atoms with E-state index in [-0.39, 0.29) is 23.5 Å². The van der Waals surface area contributed by atoms with Crippen molar-refractivity contribution in [1.82, 2.24) is 9.97 Å². The van der Waals surface area contributed by atoms with Crippen molar-refractivity contribution in [3.8, 4) is 0 Å². The van der Waals surface area contributed by atoms with Crippen molar-refractivity contribution in [3.05, 3.63) is 16.3 Å². The molecule has 4 N–H and O–H groups in total. The van der Waals surface area contributed by atoms with Gasteiger partial charge in [-0.3, -0.25) is 15.5 Å². The molecule has 8 heteroatoms. The summed E-state index contributed by atoms with van der Waals surface area (Å²) in [4.78, 5) is 18.1. The highest BCUT2D eigenvalue weighted by Gasteiger charge is 2.26. The minimum atomic E-state index is -0.504. The highest BCUT2D eigenvalue weighted by molar-refractivity contribution is 5.57. The minimum Gasteiger partial charge on any atom is -0.361 e. The molecule has 1 saturated carbocycles. The Balaban J connectivity index is 2.19. The zero-order chi connectivity index (χ0) is 13.1. The number of nitrogens with one attached hydrogen (secondary N) is 2. The van der Waals surface area contributed by atoms with Crippen LogP contribution in [0.1, 0.15) is 26.2 Å². The van der Waals surface area contributed by atoms with Crippen molar-refractivity contribution < 1.29 is 4.92 Å². The van der Waals surface area contributed by atoms with Crippen LogP contribution in [0.2, 0.25) is 0 Å². The number of anilines is 2. The summed E-state index contributed by atoms with van der Waals surface area (Å²) >= 11 is 0. The SMILES string of the molecule is CC(Nc1nc(NN)ncc1[N+](=O)[O-])C1CCC1. The molecule has 1 aromatic heterocycles. The number of hydrogen-bond acceptors (Lipinski definition) is 7. The zero-order valence-electron chi connectivity index (χ0n) is 10.1. The molecule has 0 aromatic carbocycles. The molecule has 0 spiro atoms. The summed E-state index contributed by atoms with van der Waals surface area (Å²) in [6.07, 6.45) is 4.67. The molecule has 0 radical (unpaired) electrons. The monoisotopic (exact) mass is 252 g/mol. The second-order valence-electron chi connectivity index (χ2n) is 4.45. The Labute approximate surface area is 104 Å². The third-order valence-corrected chi connectivity index (χ3v) is 3.32. The third kappa shape index (κ3) is 2.48. The van der Waals surface area contributed by atoms with Crippen molar-refractivity contribution in [2.75, 3.05) is 10.7 Å². The fourth-order valence-electron chi connectivity index (χ4n) is 1.96. The van der Waals surface area contributed by atoms with E-state index in [1.165, 1.54) is 6.42 Å². The summed E-state index contributed by atoms with van der Waals surface area (Å²) < 4.78 is 0. The average molecular weight is 252 g/mol. The molecule has 8 nitrogen and oxygen atoms in total. The molecule has 0 aliphatic heterocycles. The van der Waals surface area contributed by atoms with Crippen molar-refractivity contribution >= 4 is 17.5 Å². The maximum atomic E-state index is 10.9. The molecular weight excluding hydrogens is 236 g/mol. The Morgan fingerprint density at radius 2 is 2.33 bits per heavy atom. The van der Waals surface area contributed by atoms with Crippen LogP contribution in [0, 0.1) is 16.0 Å². The van der Waals surface area contributed by atoms with Gasteiger partial charge in [-0.15, -0.1) is 0 Å². The molecule has 1 aliphatic rings. The van der Waals surface area contributed by atoms with Crippen molar-refractivity contribution in [3.63, 3.8) is 0 Å². The van der Waals surface area contributed by atoms with E-state index in [1.54, 1.807) is 0 Å². The predicted octanol–water partition coefficient (Wildman–Crippen LogP) is 1.27. The van der Waals surface area contributed by atoms with E-state index in [0.717, 1.165) is 19.0 Å². The lowest BCUT2D eigenvalue weighted by molar-refractivity contribution is -0.384. The number of hydrogen-bond donors (Lipinski definition) is 3. The molecule has 1 aliphatic carbocycles. The van der Waals surface area contributed by atoms with Crippen LogP contribution >= 0.6 is 0 Å². The molecule has 1 aromatic rings. The van der Waals surface area contributed by atoms with Crippen molar-refractivity contribution in [2.45, 2.75) is 32.2 Å². The summed E-state index contributed by atoms with van der Waals surface area (Å²) in [6, 6.07) is 0.151. The fourth-order valence-corrected chi connectivity index (χ4v) is 1.96. The van der Waals surface area contributed by atoms with Gasteiger partial charge in [-0.1, -0.05) is 6.42 Å². The molecule has 98 valence electrons. The van der Waals surface area contributed by atoms with Gasteiger partial charge in [0.05, 0.1) is 4.92 Å². The number of nitrogens with zero attached hydrogens (tertiary/aromatic N) is 3. The van der Waals surface area contributed by atoms with E-state index in [4.69, 9.17) is 5.84 Å². The second kappa shape index (κ2) is 5.13. The van der Waals surface area contributed by atoms with E-state index < -0.39 is 4.92 Å². The van der Waals surface area contributed by atoms with Gasteiger partial charge < -0.3 is 5.32 Å². The molecule has 1 heterocycles. The number of rotatable bonds is 5. The summed E-state index contributed by atoms with van der Waals surface area (Å²) in [5, 5.41) is 14.0. The molecule has 1 unspecified atom stereocenters. The predicted molar refractivity (Wildman–Crippen MR) is 66.9 cm³/mol. The highest BCUT2D eigenvalue weighted by atomic mass is 16.6. The normalized spacial score (nSPS) is 16.8. The van der Waals surface area contributed by atoms with Gasteiger partial charge in [-0.25, -0.2) is 10.8 Å². The summed E-state index contributed by atoms with van der Waals surface area (Å²) in [5.41, 5.74) is 2.14. The molecule has 0 bridgehead atoms. The van der Waals surface area contributed by atoms with Crippen LogP contribution in [-0.2, 0) is 0 Å². The lowest BCUT2D eigenvalue weighted by Crippen LogP contribution is -2.31. The van der Waals surface area contributed by atoms with Crippen LogP contribution in [0.5, 0.6) is 0 Å². The molecular formula is C10H16N6O2. The van der Waals surface area contributed by atoms with Gasteiger partial charge in [0.2, 0.25) is 11.8 Å². The number of hydrazine groups is 1. The summed E-state index contributed by atoms with van der Waals surface area (Å²) in [5.74, 6) is 6.12. The zero-order valence-corrected chi connectivity index (χ0v) is 10.1. The van der Waals surface area contributed by atoms with E-state index in [1.807, 2.05) is 6.92 Å². The van der Waals surface area contributed by atoms with Gasteiger partial charge in [-0.05, 0) is 25.7 Å². The quantitative estimate of drug-likeness (QED) is 0.410. The third-order valence-electron chi connectivity index (χ3n) is 3.32. The molecule has 18 heavy (non-hydrogen) atoms. The van der Waals surface area contributed by atoms with Crippen LogP contribution in [0.4, 0.5) is 17.5 Å². The first-order valence-electron chi connectivity index (χ1n) is 5.86. The van der Waals surface area contributed by atoms with Crippen LogP contribution in [0.3, 0.4) is 0 Å². The van der Waals surface area contributed by atoms with E-state index in [9.17, 15) is 10.1 Å². The summed E-state index contributed by atoms with van der Waals surface area (Å²) in [6.45, 7) is 2.01. The first-order chi connectivity index (χ1) is 8.61. The van der Waals surface area contributed by atoms with Crippen molar-refractivity contribution in [1.29, 1.82) is 0 Å². The first kappa shape index (κ1) is 12.5. The van der Waals surface area contributed by atoms with E-state index >= 15 is 0 Å². The first-order valence-corrected chi connectivity index (χ1v) is 5.86. The lowest BCUT2D eigenvalue weighted by Gasteiger charge is -2.32. The van der Waals surface area contributed by atoms with Gasteiger partial charge in [0, 0.05) is 6.04 Å². The van der Waals surface area contributed by atoms with Gasteiger partial charge in [-0.2, -0.15) is 4.98 Å². The van der Waals surface area contributed by atoms with Gasteiger partial charge in [0.25, 0.3) is 0 Å². The standard InChI is InChI=1S/C10H16N6O2/c1-6(7-3-2-4-7)13-9-8(16(17)18)5-12-10(14-9)15-11/h5-7H,2-4,11H2,1H3,(H2,12,13,14,15). The van der Waals surface area contributed by atoms with Crippen LogP contribution in [0.15, 0.2) is 6.20 Å². The fraction of sp³-hybridized carbons (Fsp3) is 0.600. The van der Waals surface area contributed by atoms with Gasteiger partial charge >= 0.3 is 5.69 Å². The Bertz CT molecular complexity index is 448. The average Bonchev–Trinajstić information content (AvgIpc) is 2.25. The van der Waals surface area contributed by atoms with E-state index in [2.05, 4.69) is 20.7 Å². The summed E-state index contributed by atoms with van der Waals surface area (Å²) in [7, 11) is 0. The molecule has 0 amide bonds. The Morgan fingerprint density at radius 1 is 1.61 bits per heavy atom. The largest absolute Gasteiger partial charge is 0.361 e. The van der Waals surface area contributed by atoms with Crippen LogP contribution in [-0.4, -0.2) is 20.9 Å². The maximum absolute atomic E-state index is 10.9. The van der Waals surface area contributed by atoms with Crippen LogP contribution in [0.25, 0.3) is 0 Å². The topological polar surface area (TPSA) is 119 Å². The van der Waals surface area contributed by atoms with Crippen molar-refractivity contribution in [2.24, 2.45) is 11.8 Å². The maximum Gasteiger partial charge on any atom is 0.329 e. The molecule has 1 fully saturated rings. The minimum absolute atomic E-state index is 0.139. The molecule has 0 saturated heterocycles. The highest BCUT2D eigenvalue weighted by Crippen LogP contribution is 2.32. The number of aromatic nitrogens is 2. The Hall–Kier alpha value is -1.96. The Morgan fingerprint density at radius 3 is 2.83 bits per heavy atom. The Kier molecular flexibility index (Phi) is 3.56. The number of nitrogen functional groups attached to an aromatic ring is 1. The molecule has 1 atom stereocenters. The van der Waals surface area contributed by atoms with Gasteiger partial charge in [0.15, 0.2) is 0 Å².